The molecular weight excluding hydrogens is 579 g/mol. The van der Waals surface area contributed by atoms with Crippen LogP contribution in [0.1, 0.15) is 0 Å². The molecule has 214 valence electrons. The number of para-hydroxylation sites is 2. The van der Waals surface area contributed by atoms with Crippen LogP contribution in [0.5, 0.6) is 0 Å². The van der Waals surface area contributed by atoms with E-state index in [0.717, 1.165) is 39.2 Å². The van der Waals surface area contributed by atoms with E-state index in [-0.39, 0.29) is 0 Å². The van der Waals surface area contributed by atoms with E-state index >= 15 is 0 Å². The Balaban J connectivity index is 1.22. The summed E-state index contributed by atoms with van der Waals surface area (Å²) in [7, 11) is 0. The summed E-state index contributed by atoms with van der Waals surface area (Å²) in [6.07, 6.45) is 0. The SMILES string of the molecule is c1ccc(-c2nc(-c3ccc(-n4c5ccccc5c5ccc6ccc7c8ccccc8sc7c6c54)cc3)nc3ccccc23)cc1. The molecular formula is C42H25N3S. The van der Waals surface area contributed by atoms with Crippen LogP contribution in [0, 0.1) is 0 Å². The highest BCUT2D eigenvalue weighted by atomic mass is 32.1. The zero-order valence-corrected chi connectivity index (χ0v) is 25.5. The number of aromatic nitrogens is 3. The molecule has 0 aliphatic carbocycles. The monoisotopic (exact) mass is 603 g/mol. The van der Waals surface area contributed by atoms with Crippen LogP contribution in [0.25, 0.3) is 92.0 Å². The lowest BCUT2D eigenvalue weighted by molar-refractivity contribution is 1.18. The van der Waals surface area contributed by atoms with E-state index in [2.05, 4.69) is 144 Å². The normalized spacial score (nSPS) is 11.9. The smallest absolute Gasteiger partial charge is 0.160 e. The largest absolute Gasteiger partial charge is 0.309 e. The molecule has 4 heteroatoms. The Morgan fingerprint density at radius 3 is 2.02 bits per heavy atom. The summed E-state index contributed by atoms with van der Waals surface area (Å²) < 4.78 is 5.10. The fourth-order valence-electron chi connectivity index (χ4n) is 7.09. The Labute approximate surface area is 268 Å². The lowest BCUT2D eigenvalue weighted by Crippen LogP contribution is -1.97. The maximum absolute atomic E-state index is 5.11. The number of benzene rings is 7. The molecule has 0 atom stereocenters. The van der Waals surface area contributed by atoms with Crippen LogP contribution in [0.2, 0.25) is 0 Å². The van der Waals surface area contributed by atoms with Gasteiger partial charge in [0.25, 0.3) is 0 Å². The zero-order valence-electron chi connectivity index (χ0n) is 24.7. The molecule has 0 radical (unpaired) electrons. The molecule has 0 spiro atoms. The van der Waals surface area contributed by atoms with Crippen LogP contribution >= 0.6 is 11.3 Å². The van der Waals surface area contributed by atoms with E-state index in [1.165, 1.54) is 52.8 Å². The third kappa shape index (κ3) is 3.71. The standard InChI is InChI=1S/C42H25N3S/c1-2-10-27(11-3-1)39-34-14-4-7-15-35(34)43-42(44-39)28-18-22-29(23-19-28)45-36-16-8-5-12-30(36)32-24-20-26-21-25-33-31-13-6-9-17-37(31)46-41(33)38(26)40(32)45/h1-25H. The molecule has 3 aromatic heterocycles. The number of hydrogen-bond donors (Lipinski definition) is 0. The van der Waals surface area contributed by atoms with Crippen molar-refractivity contribution in [2.24, 2.45) is 0 Å². The Morgan fingerprint density at radius 2 is 1.17 bits per heavy atom. The first-order valence-electron chi connectivity index (χ1n) is 15.5. The molecule has 3 heterocycles. The van der Waals surface area contributed by atoms with Gasteiger partial charge >= 0.3 is 0 Å². The Morgan fingerprint density at radius 1 is 0.478 bits per heavy atom. The number of thiophene rings is 1. The Kier molecular flexibility index (Phi) is 5.45. The van der Waals surface area contributed by atoms with Crippen LogP contribution in [-0.2, 0) is 0 Å². The first kappa shape index (κ1) is 25.5. The third-order valence-corrected chi connectivity index (χ3v) is 10.4. The topological polar surface area (TPSA) is 30.7 Å². The first-order valence-corrected chi connectivity index (χ1v) is 16.3. The fraction of sp³-hybridized carbons (Fsp3) is 0. The molecule has 0 saturated carbocycles. The lowest BCUT2D eigenvalue weighted by atomic mass is 10.0. The molecule has 0 bridgehead atoms. The fourth-order valence-corrected chi connectivity index (χ4v) is 8.35. The molecule has 0 aliphatic heterocycles. The van der Waals surface area contributed by atoms with Crippen molar-refractivity contribution in [3.63, 3.8) is 0 Å². The van der Waals surface area contributed by atoms with Gasteiger partial charge in [0.05, 0.1) is 22.2 Å². The van der Waals surface area contributed by atoms with Crippen molar-refractivity contribution in [2.75, 3.05) is 0 Å². The summed E-state index contributed by atoms with van der Waals surface area (Å²) in [5, 5.41) is 8.77. The highest BCUT2D eigenvalue weighted by Crippen LogP contribution is 2.44. The second kappa shape index (κ2) is 9.83. The van der Waals surface area contributed by atoms with Crippen LogP contribution < -0.4 is 0 Å². The van der Waals surface area contributed by atoms with Crippen molar-refractivity contribution in [3.8, 4) is 28.3 Å². The van der Waals surface area contributed by atoms with Crippen LogP contribution in [0.15, 0.2) is 152 Å². The van der Waals surface area contributed by atoms with Gasteiger partial charge in [-0.15, -0.1) is 11.3 Å². The number of fused-ring (bicyclic) bond motifs is 10. The van der Waals surface area contributed by atoms with Crippen molar-refractivity contribution in [2.45, 2.75) is 0 Å². The average Bonchev–Trinajstić information content (AvgIpc) is 3.68. The van der Waals surface area contributed by atoms with E-state index < -0.39 is 0 Å². The van der Waals surface area contributed by atoms with Crippen molar-refractivity contribution >= 4 is 75.0 Å². The molecule has 0 saturated heterocycles. The van der Waals surface area contributed by atoms with Gasteiger partial charge in [-0.05, 0) is 47.9 Å². The first-order chi connectivity index (χ1) is 22.8. The predicted molar refractivity (Wildman–Crippen MR) is 195 cm³/mol. The molecule has 0 fully saturated rings. The zero-order chi connectivity index (χ0) is 30.2. The molecule has 10 aromatic rings. The number of hydrogen-bond acceptors (Lipinski definition) is 3. The quantitative estimate of drug-likeness (QED) is 0.201. The minimum absolute atomic E-state index is 0.726. The van der Waals surface area contributed by atoms with Gasteiger partial charge < -0.3 is 4.57 Å². The Hall–Kier alpha value is -5.84. The second-order valence-corrected chi connectivity index (χ2v) is 12.8. The van der Waals surface area contributed by atoms with Gasteiger partial charge in [0.15, 0.2) is 5.82 Å². The summed E-state index contributed by atoms with van der Waals surface area (Å²) >= 11 is 1.89. The second-order valence-electron chi connectivity index (χ2n) is 11.8. The predicted octanol–water partition coefficient (Wildman–Crippen LogP) is 11.6. The Bertz CT molecular complexity index is 2790. The minimum Gasteiger partial charge on any atom is -0.309 e. The molecule has 7 aromatic carbocycles. The maximum atomic E-state index is 5.11. The van der Waals surface area contributed by atoms with E-state index in [4.69, 9.17) is 9.97 Å². The maximum Gasteiger partial charge on any atom is 0.160 e. The van der Waals surface area contributed by atoms with Crippen LogP contribution in [0.4, 0.5) is 0 Å². The van der Waals surface area contributed by atoms with Crippen LogP contribution in [0.3, 0.4) is 0 Å². The molecule has 0 unspecified atom stereocenters. The lowest BCUT2D eigenvalue weighted by Gasteiger charge is -2.12. The van der Waals surface area contributed by atoms with E-state index in [9.17, 15) is 0 Å². The van der Waals surface area contributed by atoms with Crippen molar-refractivity contribution in [1.82, 2.24) is 14.5 Å². The molecule has 0 amide bonds. The van der Waals surface area contributed by atoms with Gasteiger partial charge in [0.1, 0.15) is 0 Å². The molecule has 3 nitrogen and oxygen atoms in total. The summed E-state index contributed by atoms with van der Waals surface area (Å²) in [6, 6.07) is 54.0. The van der Waals surface area contributed by atoms with Crippen molar-refractivity contribution in [1.29, 1.82) is 0 Å². The highest BCUT2D eigenvalue weighted by Gasteiger charge is 2.19. The van der Waals surface area contributed by atoms with Gasteiger partial charge in [-0.3, -0.25) is 0 Å². The van der Waals surface area contributed by atoms with E-state index in [1.54, 1.807) is 0 Å². The summed E-state index contributed by atoms with van der Waals surface area (Å²) in [5.41, 5.74) is 7.53. The molecule has 0 aliphatic rings. The molecule has 10 rings (SSSR count). The number of rotatable bonds is 3. The molecule has 0 N–H and O–H groups in total. The molecule has 46 heavy (non-hydrogen) atoms. The summed E-state index contributed by atoms with van der Waals surface area (Å²) in [5.74, 6) is 0.726. The average molecular weight is 604 g/mol. The summed E-state index contributed by atoms with van der Waals surface area (Å²) in [4.78, 5) is 10.1. The van der Waals surface area contributed by atoms with Gasteiger partial charge in [0, 0.05) is 58.5 Å². The van der Waals surface area contributed by atoms with E-state index in [1.807, 2.05) is 23.5 Å². The van der Waals surface area contributed by atoms with Gasteiger partial charge in [-0.25, -0.2) is 9.97 Å². The minimum atomic E-state index is 0.726. The van der Waals surface area contributed by atoms with Crippen LogP contribution in [-0.4, -0.2) is 14.5 Å². The van der Waals surface area contributed by atoms with Crippen molar-refractivity contribution < 1.29 is 0 Å². The van der Waals surface area contributed by atoms with E-state index in [0.29, 0.717) is 0 Å². The highest BCUT2D eigenvalue weighted by molar-refractivity contribution is 7.26. The van der Waals surface area contributed by atoms with Gasteiger partial charge in [-0.2, -0.15) is 0 Å². The van der Waals surface area contributed by atoms with Gasteiger partial charge in [-0.1, -0.05) is 109 Å². The number of nitrogens with zero attached hydrogens (tertiary/aromatic N) is 3. The third-order valence-electron chi connectivity index (χ3n) is 9.19. The van der Waals surface area contributed by atoms with Crippen molar-refractivity contribution in [3.05, 3.63) is 152 Å². The summed E-state index contributed by atoms with van der Waals surface area (Å²) in [6.45, 7) is 0. The van der Waals surface area contributed by atoms with Gasteiger partial charge in [0.2, 0.25) is 0 Å².